The van der Waals surface area contributed by atoms with Crippen LogP contribution in [0, 0.1) is 11.3 Å². The maximum Gasteiger partial charge on any atom is 0.207 e. The Hall–Kier alpha value is -1.12. The Morgan fingerprint density at radius 3 is 2.10 bits per heavy atom. The van der Waals surface area contributed by atoms with E-state index in [1.807, 2.05) is 5.06 Å². The zero-order valence-corrected chi connectivity index (χ0v) is 15.0. The van der Waals surface area contributed by atoms with Crippen LogP contribution >= 0.6 is 0 Å². The molecule has 1 amide bonds. The molecule has 0 atom stereocenters. The van der Waals surface area contributed by atoms with Gasteiger partial charge in [-0.15, -0.1) is 0 Å². The Bertz CT molecular complexity index is 314. The molecule has 0 spiro atoms. The van der Waals surface area contributed by atoms with Gasteiger partial charge in [0.25, 0.3) is 0 Å². The number of nitrogens with zero attached hydrogens (tertiary/aromatic N) is 2. The fourth-order valence-corrected chi connectivity index (χ4v) is 1.62. The quantitative estimate of drug-likeness (QED) is 0.445. The highest BCUT2D eigenvalue weighted by Gasteiger charge is 2.31. The van der Waals surface area contributed by atoms with Gasteiger partial charge in [-0.2, -0.15) is 10.3 Å². The van der Waals surface area contributed by atoms with E-state index in [0.29, 0.717) is 0 Å². The number of amides is 1. The topological polar surface area (TPSA) is 65.4 Å². The summed E-state index contributed by atoms with van der Waals surface area (Å²) in [5, 5.41) is 13.3. The second-order valence-electron chi connectivity index (χ2n) is 6.73. The number of hydroxylamine groups is 2. The Kier molecular flexibility index (Phi) is 11.2. The molecule has 0 heterocycles. The molecule has 5 heteroatoms. The summed E-state index contributed by atoms with van der Waals surface area (Å²) in [6.07, 6.45) is 2.95. The molecule has 0 saturated heterocycles. The van der Waals surface area contributed by atoms with Crippen molar-refractivity contribution >= 4 is 6.41 Å². The molecule has 0 aromatic heterocycles. The van der Waals surface area contributed by atoms with Gasteiger partial charge in [0.2, 0.25) is 6.41 Å². The molecule has 0 fully saturated rings. The fraction of sp³-hybridized carbons (Fsp3) is 0.875. The van der Waals surface area contributed by atoms with Crippen molar-refractivity contribution in [1.82, 2.24) is 10.4 Å². The lowest BCUT2D eigenvalue weighted by atomic mass is 10.1. The van der Waals surface area contributed by atoms with Crippen molar-refractivity contribution in [2.24, 2.45) is 0 Å². The third-order valence-corrected chi connectivity index (χ3v) is 2.48. The summed E-state index contributed by atoms with van der Waals surface area (Å²) in [6.45, 7) is 16.8. The third-order valence-electron chi connectivity index (χ3n) is 2.48. The number of hydrogen-bond acceptors (Lipinski definition) is 4. The number of unbranched alkanes of at least 4 members (excludes halogenated alkanes) is 1. The SMILES string of the molecule is CC(C)N(OC(C)(C)C#N)C(C)(C)C.CCCCNC=O. The summed E-state index contributed by atoms with van der Waals surface area (Å²) in [5.74, 6) is 0. The molecule has 0 aliphatic carbocycles. The zero-order valence-electron chi connectivity index (χ0n) is 15.0. The zero-order chi connectivity index (χ0) is 17.1. The number of hydrogen-bond donors (Lipinski definition) is 1. The van der Waals surface area contributed by atoms with Crippen LogP contribution in [0.2, 0.25) is 0 Å². The molecule has 0 rings (SSSR count). The van der Waals surface area contributed by atoms with E-state index in [1.165, 1.54) is 0 Å². The van der Waals surface area contributed by atoms with Crippen LogP contribution in [0.1, 0.15) is 68.2 Å². The van der Waals surface area contributed by atoms with Crippen molar-refractivity contribution in [2.45, 2.75) is 85.4 Å². The van der Waals surface area contributed by atoms with Gasteiger partial charge >= 0.3 is 0 Å². The van der Waals surface area contributed by atoms with Crippen molar-refractivity contribution in [3.8, 4) is 6.07 Å². The molecular weight excluding hydrogens is 266 g/mol. The first-order valence-electron chi connectivity index (χ1n) is 7.58. The molecule has 5 nitrogen and oxygen atoms in total. The van der Waals surface area contributed by atoms with Gasteiger partial charge in [-0.3, -0.25) is 9.63 Å². The van der Waals surface area contributed by atoms with E-state index in [9.17, 15) is 4.79 Å². The lowest BCUT2D eigenvalue weighted by Crippen LogP contribution is -2.49. The summed E-state index contributed by atoms with van der Waals surface area (Å²) in [4.78, 5) is 15.3. The van der Waals surface area contributed by atoms with E-state index in [2.05, 4.69) is 52.9 Å². The smallest absolute Gasteiger partial charge is 0.207 e. The minimum absolute atomic E-state index is 0.0950. The highest BCUT2D eigenvalue weighted by Crippen LogP contribution is 2.22. The van der Waals surface area contributed by atoms with Crippen molar-refractivity contribution in [3.63, 3.8) is 0 Å². The summed E-state index contributed by atoms with van der Waals surface area (Å²) in [7, 11) is 0. The first-order chi connectivity index (χ1) is 9.51. The van der Waals surface area contributed by atoms with Gasteiger partial charge in [-0.1, -0.05) is 13.3 Å². The van der Waals surface area contributed by atoms with E-state index in [4.69, 9.17) is 10.1 Å². The Morgan fingerprint density at radius 1 is 1.29 bits per heavy atom. The fourth-order valence-electron chi connectivity index (χ4n) is 1.62. The molecule has 0 aromatic carbocycles. The Labute approximate surface area is 130 Å². The lowest BCUT2D eigenvalue weighted by molar-refractivity contribution is -0.272. The summed E-state index contributed by atoms with van der Waals surface area (Å²) in [6, 6.07) is 2.39. The van der Waals surface area contributed by atoms with Crippen LogP contribution in [0.4, 0.5) is 0 Å². The van der Waals surface area contributed by atoms with E-state index < -0.39 is 5.60 Å². The normalized spacial score (nSPS) is 11.7. The van der Waals surface area contributed by atoms with Crippen molar-refractivity contribution < 1.29 is 9.63 Å². The molecule has 21 heavy (non-hydrogen) atoms. The average molecular weight is 299 g/mol. The van der Waals surface area contributed by atoms with E-state index in [0.717, 1.165) is 25.8 Å². The van der Waals surface area contributed by atoms with Gasteiger partial charge in [-0.05, 0) is 54.9 Å². The molecule has 0 saturated carbocycles. The molecule has 0 radical (unpaired) electrons. The molecule has 0 aliphatic rings. The van der Waals surface area contributed by atoms with Crippen LogP contribution in [-0.4, -0.2) is 35.2 Å². The molecule has 0 aromatic rings. The van der Waals surface area contributed by atoms with Crippen LogP contribution in [0.15, 0.2) is 0 Å². The highest BCUT2D eigenvalue weighted by atomic mass is 16.7. The molecular formula is C16H33N3O2. The highest BCUT2D eigenvalue weighted by molar-refractivity contribution is 5.45. The van der Waals surface area contributed by atoms with Crippen LogP contribution in [0.3, 0.4) is 0 Å². The minimum Gasteiger partial charge on any atom is -0.359 e. The largest absolute Gasteiger partial charge is 0.359 e. The summed E-state index contributed by atoms with van der Waals surface area (Å²) < 4.78 is 0. The van der Waals surface area contributed by atoms with Crippen molar-refractivity contribution in [2.75, 3.05) is 6.54 Å². The van der Waals surface area contributed by atoms with Gasteiger partial charge in [0.15, 0.2) is 5.60 Å². The summed E-state index contributed by atoms with van der Waals surface area (Å²) >= 11 is 0. The van der Waals surface area contributed by atoms with E-state index in [-0.39, 0.29) is 11.6 Å². The average Bonchev–Trinajstić information content (AvgIpc) is 2.36. The summed E-state index contributed by atoms with van der Waals surface area (Å²) in [5.41, 5.74) is -0.861. The van der Waals surface area contributed by atoms with Crippen LogP contribution in [0.25, 0.3) is 0 Å². The minimum atomic E-state index is -0.766. The maximum absolute atomic E-state index is 9.57. The molecule has 1 N–H and O–H groups in total. The van der Waals surface area contributed by atoms with E-state index in [1.54, 1.807) is 13.8 Å². The first-order valence-corrected chi connectivity index (χ1v) is 7.58. The second kappa shape index (κ2) is 10.6. The van der Waals surface area contributed by atoms with Gasteiger partial charge in [0.05, 0.1) is 6.07 Å². The molecule has 0 aliphatic heterocycles. The number of carbonyl (C=O) groups excluding carboxylic acids is 1. The molecule has 124 valence electrons. The van der Waals surface area contributed by atoms with Gasteiger partial charge in [-0.25, -0.2) is 0 Å². The van der Waals surface area contributed by atoms with Crippen LogP contribution < -0.4 is 5.32 Å². The van der Waals surface area contributed by atoms with Crippen LogP contribution in [0.5, 0.6) is 0 Å². The molecule has 0 unspecified atom stereocenters. The standard InChI is InChI=1S/C11H22N2O.C5H11NO/c1-9(2)13(10(3,4)5)14-11(6,7)8-12;1-2-3-4-6-5-7/h9H,1-7H3;5H,2-4H2,1H3,(H,6,7). The third kappa shape index (κ3) is 12.3. The Morgan fingerprint density at radius 2 is 1.81 bits per heavy atom. The maximum atomic E-state index is 9.57. The number of rotatable bonds is 7. The molecule has 0 bridgehead atoms. The monoisotopic (exact) mass is 299 g/mol. The Balaban J connectivity index is 0. The first kappa shape index (κ1) is 22.2. The predicted octanol–water partition coefficient (Wildman–Crippen LogP) is 3.26. The van der Waals surface area contributed by atoms with Crippen molar-refractivity contribution in [3.05, 3.63) is 0 Å². The second-order valence-corrected chi connectivity index (χ2v) is 6.73. The lowest BCUT2D eigenvalue weighted by Gasteiger charge is -2.40. The number of carbonyl (C=O) groups is 1. The van der Waals surface area contributed by atoms with Crippen LogP contribution in [-0.2, 0) is 9.63 Å². The van der Waals surface area contributed by atoms with Crippen molar-refractivity contribution in [1.29, 1.82) is 5.26 Å². The van der Waals surface area contributed by atoms with E-state index >= 15 is 0 Å². The predicted molar refractivity (Wildman–Crippen MR) is 86.5 cm³/mol. The van der Waals surface area contributed by atoms with Gasteiger partial charge < -0.3 is 5.32 Å². The number of nitrogens with one attached hydrogen (secondary N) is 1. The van der Waals surface area contributed by atoms with Gasteiger partial charge in [0.1, 0.15) is 0 Å². The number of nitriles is 1. The van der Waals surface area contributed by atoms with Gasteiger partial charge in [0, 0.05) is 18.1 Å².